The number of ether oxygens (including phenoxy) is 3. The van der Waals surface area contributed by atoms with Crippen molar-refractivity contribution in [3.8, 4) is 23.3 Å². The Morgan fingerprint density at radius 1 is 1.15 bits per heavy atom. The molecule has 0 saturated carbocycles. The van der Waals surface area contributed by atoms with Crippen LogP contribution in [0.5, 0.6) is 17.2 Å². The monoisotopic (exact) mass is 392 g/mol. The predicted molar refractivity (Wildman–Crippen MR) is 97.4 cm³/mol. The fourth-order valence-electron chi connectivity index (χ4n) is 2.30. The first-order valence-electron chi connectivity index (χ1n) is 7.78. The minimum atomic E-state index is -0.415. The summed E-state index contributed by atoms with van der Waals surface area (Å²) in [6.45, 7) is 0.812. The average Bonchev–Trinajstić information content (AvgIpc) is 2.85. The van der Waals surface area contributed by atoms with E-state index < -0.39 is 5.91 Å². The SMILES string of the molecule is N#Cc1ccc(OCC(=O)Nc2cc3c(cc2Cl)OCCCO3)c(Cl)c1. The topological polar surface area (TPSA) is 80.6 Å². The molecule has 0 radical (unpaired) electrons. The molecular formula is C18H14Cl2N2O4. The van der Waals surface area contributed by atoms with Gasteiger partial charge >= 0.3 is 0 Å². The number of benzene rings is 2. The van der Waals surface area contributed by atoms with E-state index in [1.807, 2.05) is 6.07 Å². The van der Waals surface area contributed by atoms with Gasteiger partial charge in [-0.05, 0) is 18.2 Å². The highest BCUT2D eigenvalue weighted by Crippen LogP contribution is 2.37. The van der Waals surface area contributed by atoms with Crippen LogP contribution < -0.4 is 19.5 Å². The summed E-state index contributed by atoms with van der Waals surface area (Å²) in [4.78, 5) is 12.1. The summed E-state index contributed by atoms with van der Waals surface area (Å²) < 4.78 is 16.5. The third-order valence-electron chi connectivity index (χ3n) is 3.53. The number of hydrogen-bond acceptors (Lipinski definition) is 5. The van der Waals surface area contributed by atoms with Crippen molar-refractivity contribution in [2.24, 2.45) is 0 Å². The van der Waals surface area contributed by atoms with Crippen LogP contribution >= 0.6 is 23.2 Å². The third-order valence-corrected chi connectivity index (χ3v) is 4.14. The number of amides is 1. The Kier molecular flexibility index (Phi) is 5.71. The minimum absolute atomic E-state index is 0.255. The van der Waals surface area contributed by atoms with Gasteiger partial charge in [-0.1, -0.05) is 23.2 Å². The van der Waals surface area contributed by atoms with Crippen molar-refractivity contribution >= 4 is 34.8 Å². The molecule has 0 aromatic heterocycles. The first-order valence-corrected chi connectivity index (χ1v) is 8.54. The molecule has 1 aliphatic heterocycles. The van der Waals surface area contributed by atoms with Gasteiger partial charge < -0.3 is 19.5 Å². The largest absolute Gasteiger partial charge is 0.490 e. The molecule has 0 spiro atoms. The highest BCUT2D eigenvalue weighted by molar-refractivity contribution is 6.34. The van der Waals surface area contributed by atoms with Crippen LogP contribution in [0.3, 0.4) is 0 Å². The summed E-state index contributed by atoms with van der Waals surface area (Å²) in [6, 6.07) is 9.76. The maximum absolute atomic E-state index is 12.1. The summed E-state index contributed by atoms with van der Waals surface area (Å²) in [5, 5.41) is 12.1. The van der Waals surface area contributed by atoms with Crippen LogP contribution in [0, 0.1) is 11.3 Å². The molecule has 1 heterocycles. The van der Waals surface area contributed by atoms with Crippen LogP contribution in [0.25, 0.3) is 0 Å². The van der Waals surface area contributed by atoms with Crippen molar-refractivity contribution in [1.29, 1.82) is 5.26 Å². The molecule has 0 unspecified atom stereocenters. The van der Waals surface area contributed by atoms with E-state index in [4.69, 9.17) is 42.7 Å². The standard InChI is InChI=1S/C18H14Cl2N2O4/c19-12-7-16-17(25-5-1-4-24-16)8-14(12)22-18(23)10-26-15-3-2-11(9-21)6-13(15)20/h2-3,6-8H,1,4-5,10H2,(H,22,23). The number of carbonyl (C=O) groups is 1. The molecule has 0 atom stereocenters. The van der Waals surface area contributed by atoms with E-state index in [-0.39, 0.29) is 11.6 Å². The molecule has 8 heteroatoms. The second-order valence-electron chi connectivity index (χ2n) is 5.42. The van der Waals surface area contributed by atoms with Crippen LogP contribution in [0.4, 0.5) is 5.69 Å². The molecule has 134 valence electrons. The molecule has 1 amide bonds. The summed E-state index contributed by atoms with van der Waals surface area (Å²) >= 11 is 12.2. The zero-order chi connectivity index (χ0) is 18.5. The Morgan fingerprint density at radius 2 is 1.88 bits per heavy atom. The zero-order valence-corrected chi connectivity index (χ0v) is 15.1. The lowest BCUT2D eigenvalue weighted by atomic mass is 10.2. The van der Waals surface area contributed by atoms with Crippen LogP contribution in [0.15, 0.2) is 30.3 Å². The van der Waals surface area contributed by atoms with Crippen molar-refractivity contribution in [3.63, 3.8) is 0 Å². The molecule has 1 N–H and O–H groups in total. The average molecular weight is 393 g/mol. The number of hydrogen-bond donors (Lipinski definition) is 1. The minimum Gasteiger partial charge on any atom is -0.490 e. The van der Waals surface area contributed by atoms with Crippen molar-refractivity contribution in [1.82, 2.24) is 0 Å². The summed E-state index contributed by atoms with van der Waals surface area (Å²) in [5.74, 6) is 0.969. The third kappa shape index (κ3) is 4.31. The summed E-state index contributed by atoms with van der Waals surface area (Å²) in [6.07, 6.45) is 0.771. The van der Waals surface area contributed by atoms with Gasteiger partial charge in [-0.15, -0.1) is 0 Å². The Morgan fingerprint density at radius 3 is 2.58 bits per heavy atom. The highest BCUT2D eigenvalue weighted by Gasteiger charge is 2.16. The first-order chi connectivity index (χ1) is 12.6. The molecule has 0 saturated heterocycles. The lowest BCUT2D eigenvalue weighted by molar-refractivity contribution is -0.118. The van der Waals surface area contributed by atoms with Gasteiger partial charge in [-0.2, -0.15) is 5.26 Å². The van der Waals surface area contributed by atoms with E-state index in [2.05, 4.69) is 5.32 Å². The van der Waals surface area contributed by atoms with Gasteiger partial charge in [-0.25, -0.2) is 0 Å². The fourth-order valence-corrected chi connectivity index (χ4v) is 2.73. The molecule has 0 aliphatic carbocycles. The van der Waals surface area contributed by atoms with Gasteiger partial charge in [0.05, 0.1) is 40.6 Å². The Labute approximate surface area is 160 Å². The number of nitrogens with zero attached hydrogens (tertiary/aromatic N) is 1. The Bertz CT molecular complexity index is 880. The molecular weight excluding hydrogens is 379 g/mol. The lowest BCUT2D eigenvalue weighted by Gasteiger charge is -2.13. The molecule has 0 bridgehead atoms. The van der Waals surface area contributed by atoms with Gasteiger partial charge in [-0.3, -0.25) is 4.79 Å². The van der Waals surface area contributed by atoms with Gasteiger partial charge in [0.25, 0.3) is 5.91 Å². The van der Waals surface area contributed by atoms with Crippen LogP contribution in [0.1, 0.15) is 12.0 Å². The predicted octanol–water partition coefficient (Wildman–Crippen LogP) is 4.04. The van der Waals surface area contributed by atoms with Crippen molar-refractivity contribution < 1.29 is 19.0 Å². The molecule has 3 rings (SSSR count). The molecule has 0 fully saturated rings. The molecule has 1 aliphatic rings. The van der Waals surface area contributed by atoms with E-state index >= 15 is 0 Å². The summed E-state index contributed by atoms with van der Waals surface area (Å²) in [7, 11) is 0. The van der Waals surface area contributed by atoms with E-state index in [1.165, 1.54) is 12.1 Å². The number of nitriles is 1. The number of rotatable bonds is 4. The second-order valence-corrected chi connectivity index (χ2v) is 6.24. The van der Waals surface area contributed by atoms with E-state index in [1.54, 1.807) is 18.2 Å². The maximum atomic E-state index is 12.1. The highest BCUT2D eigenvalue weighted by atomic mass is 35.5. The normalized spacial score (nSPS) is 12.7. The van der Waals surface area contributed by atoms with Crippen molar-refractivity contribution in [2.75, 3.05) is 25.1 Å². The molecule has 2 aromatic rings. The smallest absolute Gasteiger partial charge is 0.262 e. The van der Waals surface area contributed by atoms with Gasteiger partial charge in [0, 0.05) is 18.6 Å². The first kappa shape index (κ1) is 18.2. The number of fused-ring (bicyclic) bond motifs is 1. The fraction of sp³-hybridized carbons (Fsp3) is 0.222. The van der Waals surface area contributed by atoms with Gasteiger partial charge in [0.2, 0.25) is 0 Å². The summed E-state index contributed by atoms with van der Waals surface area (Å²) in [5.41, 5.74) is 0.807. The van der Waals surface area contributed by atoms with E-state index in [9.17, 15) is 4.79 Å². The number of anilines is 1. The van der Waals surface area contributed by atoms with E-state index in [0.717, 1.165) is 6.42 Å². The van der Waals surface area contributed by atoms with Crippen LogP contribution in [0.2, 0.25) is 10.0 Å². The Hall–Kier alpha value is -2.62. The van der Waals surface area contributed by atoms with Crippen LogP contribution in [-0.2, 0) is 4.79 Å². The van der Waals surface area contributed by atoms with Gasteiger partial charge in [0.1, 0.15) is 5.75 Å². The van der Waals surface area contributed by atoms with E-state index in [0.29, 0.717) is 46.7 Å². The van der Waals surface area contributed by atoms with Gasteiger partial charge in [0.15, 0.2) is 18.1 Å². The van der Waals surface area contributed by atoms with Crippen LogP contribution in [-0.4, -0.2) is 25.7 Å². The second kappa shape index (κ2) is 8.17. The number of carbonyl (C=O) groups excluding carboxylic acids is 1. The molecule has 26 heavy (non-hydrogen) atoms. The number of nitrogens with one attached hydrogen (secondary N) is 1. The maximum Gasteiger partial charge on any atom is 0.262 e. The zero-order valence-electron chi connectivity index (χ0n) is 13.6. The quantitative estimate of drug-likeness (QED) is 0.848. The Balaban J connectivity index is 1.65. The lowest BCUT2D eigenvalue weighted by Crippen LogP contribution is -2.20. The van der Waals surface area contributed by atoms with Crippen molar-refractivity contribution in [3.05, 3.63) is 45.9 Å². The molecule has 6 nitrogen and oxygen atoms in total. The molecule has 2 aromatic carbocycles. The number of halogens is 2. The van der Waals surface area contributed by atoms with Crippen molar-refractivity contribution in [2.45, 2.75) is 6.42 Å².